The Kier molecular flexibility index (Phi) is 4.89. The maximum absolute atomic E-state index is 12.3. The topological polar surface area (TPSA) is 57.5 Å². The molecule has 0 radical (unpaired) electrons. The quantitative estimate of drug-likeness (QED) is 0.691. The number of carboxylic acids is 1. The van der Waals surface area contributed by atoms with Crippen LogP contribution in [-0.2, 0) is 4.79 Å². The summed E-state index contributed by atoms with van der Waals surface area (Å²) in [6.45, 7) is 14.3. The van der Waals surface area contributed by atoms with Gasteiger partial charge in [-0.05, 0) is 56.4 Å². The summed E-state index contributed by atoms with van der Waals surface area (Å²) in [7, 11) is 0. The van der Waals surface area contributed by atoms with Gasteiger partial charge in [-0.15, -0.1) is 0 Å². The van der Waals surface area contributed by atoms with Crippen LogP contribution in [0.25, 0.3) is 0 Å². The van der Waals surface area contributed by atoms with E-state index in [2.05, 4.69) is 19.6 Å². The Labute approximate surface area is 146 Å². The molecule has 2 rings (SSSR count). The van der Waals surface area contributed by atoms with Crippen molar-refractivity contribution in [2.75, 3.05) is 0 Å². The highest BCUT2D eigenvalue weighted by molar-refractivity contribution is 5.83. The molecule has 0 saturated heterocycles. The monoisotopic (exact) mass is 332 g/mol. The van der Waals surface area contributed by atoms with E-state index in [0.29, 0.717) is 24.8 Å². The summed E-state index contributed by atoms with van der Waals surface area (Å²) >= 11 is 0. The van der Waals surface area contributed by atoms with Crippen LogP contribution < -0.4 is 0 Å². The highest BCUT2D eigenvalue weighted by Crippen LogP contribution is 2.76. The van der Waals surface area contributed by atoms with E-state index in [1.54, 1.807) is 0 Å². The Hall–Kier alpha value is -1.35. The molecule has 0 bridgehead atoms. The van der Waals surface area contributed by atoms with Crippen molar-refractivity contribution in [3.8, 4) is 0 Å². The normalized spacial score (nSPS) is 37.7. The van der Waals surface area contributed by atoms with Crippen molar-refractivity contribution in [3.63, 3.8) is 0 Å². The van der Waals surface area contributed by atoms with Crippen molar-refractivity contribution >= 4 is 5.97 Å². The lowest BCUT2D eigenvalue weighted by molar-refractivity contribution is -0.147. The fourth-order valence-electron chi connectivity index (χ4n) is 4.96. The summed E-state index contributed by atoms with van der Waals surface area (Å²) in [5.74, 6) is -0.942. The van der Waals surface area contributed by atoms with E-state index >= 15 is 0 Å². The van der Waals surface area contributed by atoms with E-state index in [1.165, 1.54) is 0 Å². The molecule has 4 atom stereocenters. The minimum atomic E-state index is -0.965. The molecule has 24 heavy (non-hydrogen) atoms. The Morgan fingerprint density at radius 3 is 2.46 bits per heavy atom. The number of hydrogen-bond donors (Lipinski definition) is 2. The zero-order valence-electron chi connectivity index (χ0n) is 15.7. The second kappa shape index (κ2) is 6.18. The van der Waals surface area contributed by atoms with Crippen molar-refractivity contribution in [1.29, 1.82) is 0 Å². The summed E-state index contributed by atoms with van der Waals surface area (Å²) in [5.41, 5.74) is -0.286. The van der Waals surface area contributed by atoms with Gasteiger partial charge in [-0.3, -0.25) is 4.79 Å². The number of rotatable bonds is 6. The minimum absolute atomic E-state index is 0.0113. The van der Waals surface area contributed by atoms with Gasteiger partial charge in [0.25, 0.3) is 0 Å². The van der Waals surface area contributed by atoms with Gasteiger partial charge in [-0.1, -0.05) is 51.2 Å². The number of carboxylic acid groups (broad SMARTS) is 1. The molecule has 2 fully saturated rings. The van der Waals surface area contributed by atoms with Gasteiger partial charge in [0.1, 0.15) is 0 Å². The Morgan fingerprint density at radius 2 is 1.96 bits per heavy atom. The van der Waals surface area contributed by atoms with E-state index < -0.39 is 17.0 Å². The molecule has 3 nitrogen and oxygen atoms in total. The third kappa shape index (κ3) is 2.57. The largest absolute Gasteiger partial charge is 0.481 e. The molecule has 0 aromatic carbocycles. The fraction of sp³-hybridized carbons (Fsp3) is 0.667. The lowest BCUT2D eigenvalue weighted by atomic mass is 9.77. The highest BCUT2D eigenvalue weighted by Gasteiger charge is 2.79. The number of hydrogen-bond acceptors (Lipinski definition) is 2. The minimum Gasteiger partial charge on any atom is -0.481 e. The average molecular weight is 332 g/mol. The van der Waals surface area contributed by atoms with Gasteiger partial charge in [-0.25, -0.2) is 0 Å². The first kappa shape index (κ1) is 19.0. The van der Waals surface area contributed by atoms with Gasteiger partial charge in [0, 0.05) is 5.92 Å². The van der Waals surface area contributed by atoms with Crippen LogP contribution in [0.5, 0.6) is 0 Å². The molecule has 0 aromatic rings. The van der Waals surface area contributed by atoms with Crippen LogP contribution in [0, 0.1) is 22.7 Å². The second-order valence-electron chi connectivity index (χ2n) is 8.35. The van der Waals surface area contributed by atoms with Gasteiger partial charge in [-0.2, -0.15) is 0 Å². The van der Waals surface area contributed by atoms with Crippen LogP contribution in [0.2, 0.25) is 0 Å². The van der Waals surface area contributed by atoms with E-state index in [-0.39, 0.29) is 17.3 Å². The maximum atomic E-state index is 12.3. The molecule has 0 unspecified atom stereocenters. The Balaban J connectivity index is 2.36. The fourth-order valence-corrected chi connectivity index (χ4v) is 4.96. The van der Waals surface area contributed by atoms with Gasteiger partial charge in [0.05, 0.1) is 11.0 Å². The molecule has 0 spiro atoms. The molecule has 3 heteroatoms. The molecule has 2 aliphatic rings. The molecule has 0 aliphatic heterocycles. The van der Waals surface area contributed by atoms with E-state index in [4.69, 9.17) is 0 Å². The number of carbonyl (C=O) groups is 1. The van der Waals surface area contributed by atoms with E-state index in [1.807, 2.05) is 39.8 Å². The van der Waals surface area contributed by atoms with Crippen LogP contribution in [-0.4, -0.2) is 21.8 Å². The van der Waals surface area contributed by atoms with Crippen molar-refractivity contribution < 1.29 is 15.0 Å². The van der Waals surface area contributed by atoms with Crippen molar-refractivity contribution in [2.45, 2.75) is 65.9 Å². The average Bonchev–Trinajstić information content (AvgIpc) is 2.79. The first-order valence-corrected chi connectivity index (χ1v) is 9.00. The third-order valence-electron chi connectivity index (χ3n) is 6.38. The summed E-state index contributed by atoms with van der Waals surface area (Å²) in [6.07, 6.45) is 8.87. The lowest BCUT2D eigenvalue weighted by Gasteiger charge is -2.29. The van der Waals surface area contributed by atoms with Crippen LogP contribution in [0.4, 0.5) is 0 Å². The Morgan fingerprint density at radius 1 is 1.33 bits per heavy atom. The van der Waals surface area contributed by atoms with Crippen molar-refractivity contribution in [2.24, 2.45) is 22.7 Å². The SMILES string of the molecule is C=C1[C@H]([C@]2(C(=O)O)[C@H](C=C(C)C)C2(C)C)CC[C@]1(O)CC=CCC. The maximum Gasteiger partial charge on any atom is 0.311 e. The smallest absolute Gasteiger partial charge is 0.311 e. The second-order valence-corrected chi connectivity index (χ2v) is 8.35. The molecule has 2 aliphatic carbocycles. The lowest BCUT2D eigenvalue weighted by Crippen LogP contribution is -2.34. The standard InChI is InChI=1S/C21H32O3/c1-7-8-9-11-20(24)12-10-16(15(20)4)21(18(22)23)17(13-14(2)3)19(21,5)6/h8-9,13,16-17,24H,4,7,10-12H2,1-3,5-6H3,(H,22,23)/t16-,17-,20-,21-/m1/s1. The summed E-state index contributed by atoms with van der Waals surface area (Å²) in [6, 6.07) is 0. The Bertz CT molecular complexity index is 594. The van der Waals surface area contributed by atoms with E-state index in [0.717, 1.165) is 12.0 Å². The van der Waals surface area contributed by atoms with Crippen LogP contribution in [0.3, 0.4) is 0 Å². The molecule has 0 heterocycles. The molecular formula is C21H32O3. The van der Waals surface area contributed by atoms with Crippen molar-refractivity contribution in [3.05, 3.63) is 36.0 Å². The summed E-state index contributed by atoms with van der Waals surface area (Å²) < 4.78 is 0. The highest BCUT2D eigenvalue weighted by atomic mass is 16.4. The summed E-state index contributed by atoms with van der Waals surface area (Å²) in [4.78, 5) is 12.3. The van der Waals surface area contributed by atoms with E-state index in [9.17, 15) is 15.0 Å². The molecular weight excluding hydrogens is 300 g/mol. The molecule has 0 aromatic heterocycles. The molecule has 2 N–H and O–H groups in total. The zero-order chi connectivity index (χ0) is 18.3. The first-order valence-electron chi connectivity index (χ1n) is 9.00. The van der Waals surface area contributed by atoms with Crippen molar-refractivity contribution in [1.82, 2.24) is 0 Å². The van der Waals surface area contributed by atoms with Crippen LogP contribution >= 0.6 is 0 Å². The van der Waals surface area contributed by atoms with Gasteiger partial charge in [0.2, 0.25) is 0 Å². The number of aliphatic hydroxyl groups is 1. The van der Waals surface area contributed by atoms with Gasteiger partial charge < -0.3 is 10.2 Å². The predicted molar refractivity (Wildman–Crippen MR) is 97.6 cm³/mol. The third-order valence-corrected chi connectivity index (χ3v) is 6.38. The van der Waals surface area contributed by atoms with Gasteiger partial charge >= 0.3 is 5.97 Å². The summed E-state index contributed by atoms with van der Waals surface area (Å²) in [5, 5.41) is 21.1. The first-order chi connectivity index (χ1) is 11.1. The molecule has 0 amide bonds. The number of aliphatic carboxylic acids is 1. The van der Waals surface area contributed by atoms with Gasteiger partial charge in [0.15, 0.2) is 0 Å². The molecule has 2 saturated carbocycles. The molecule has 134 valence electrons. The zero-order valence-corrected chi connectivity index (χ0v) is 15.7. The van der Waals surface area contributed by atoms with Crippen LogP contribution in [0.1, 0.15) is 60.3 Å². The van der Waals surface area contributed by atoms with Crippen LogP contribution in [0.15, 0.2) is 36.0 Å². The number of allylic oxidation sites excluding steroid dienone is 3. The predicted octanol–water partition coefficient (Wildman–Crippen LogP) is 4.73.